The molecule has 0 saturated carbocycles. The third-order valence-electron chi connectivity index (χ3n) is 1.62. The van der Waals surface area contributed by atoms with Gasteiger partial charge in [0.25, 0.3) is 0 Å². The summed E-state index contributed by atoms with van der Waals surface area (Å²) in [5.41, 5.74) is 5.55. The van der Waals surface area contributed by atoms with Crippen LogP contribution in [0.4, 0.5) is 0 Å². The number of hydrogen-bond donors (Lipinski definition) is 2. The summed E-state index contributed by atoms with van der Waals surface area (Å²) < 4.78 is 0. The maximum Gasteiger partial charge on any atom is 0.325 e. The van der Waals surface area contributed by atoms with Crippen molar-refractivity contribution in [3.05, 3.63) is 32.8 Å². The lowest BCUT2D eigenvalue weighted by Gasteiger charge is -2.11. The zero-order valence-electron chi connectivity index (χ0n) is 6.80. The Morgan fingerprint density at radius 1 is 1.29 bits per heavy atom. The maximum atomic E-state index is 10.6. The number of hydrogen-bond acceptors (Lipinski definition) is 2. The summed E-state index contributed by atoms with van der Waals surface area (Å²) in [6, 6.07) is 1.55. The maximum absolute atomic E-state index is 10.6. The first-order valence-corrected chi connectivity index (χ1v) is 4.69. The lowest BCUT2D eigenvalue weighted by atomic mass is 10.1. The van der Waals surface area contributed by atoms with Crippen molar-refractivity contribution >= 4 is 40.8 Å². The van der Waals surface area contributed by atoms with Crippen LogP contribution in [0.15, 0.2) is 12.1 Å². The third kappa shape index (κ3) is 2.30. The average Bonchev–Trinajstić information content (AvgIpc) is 2.01. The lowest BCUT2D eigenvalue weighted by Crippen LogP contribution is -2.21. The molecule has 0 aromatic heterocycles. The molecule has 0 spiro atoms. The van der Waals surface area contributed by atoms with Crippen LogP contribution in [0.5, 0.6) is 0 Å². The Morgan fingerprint density at radius 2 is 1.71 bits per heavy atom. The van der Waals surface area contributed by atoms with E-state index in [2.05, 4.69) is 0 Å². The summed E-state index contributed by atoms with van der Waals surface area (Å²) in [4.78, 5) is 10.6. The van der Waals surface area contributed by atoms with Crippen molar-refractivity contribution in [1.29, 1.82) is 0 Å². The molecule has 0 unspecified atom stereocenters. The third-order valence-corrected chi connectivity index (χ3v) is 2.46. The van der Waals surface area contributed by atoms with Gasteiger partial charge in [0.05, 0.1) is 0 Å². The Morgan fingerprint density at radius 3 is 2.07 bits per heavy atom. The molecule has 3 N–H and O–H groups in total. The summed E-state index contributed by atoms with van der Waals surface area (Å²) in [6.45, 7) is 0. The van der Waals surface area contributed by atoms with Crippen LogP contribution in [0.25, 0.3) is 0 Å². The van der Waals surface area contributed by atoms with Gasteiger partial charge < -0.3 is 10.8 Å². The normalized spacial score (nSPS) is 12.6. The van der Waals surface area contributed by atoms with Gasteiger partial charge in [-0.25, -0.2) is 0 Å². The van der Waals surface area contributed by atoms with E-state index in [-0.39, 0.29) is 15.6 Å². The van der Waals surface area contributed by atoms with E-state index in [9.17, 15) is 4.79 Å². The number of halogens is 3. The first kappa shape index (κ1) is 11.6. The number of rotatable bonds is 2. The Kier molecular flexibility index (Phi) is 3.61. The minimum atomic E-state index is -1.24. The van der Waals surface area contributed by atoms with Gasteiger partial charge in [0, 0.05) is 20.6 Å². The molecule has 3 nitrogen and oxygen atoms in total. The zero-order valence-corrected chi connectivity index (χ0v) is 9.07. The first-order chi connectivity index (χ1) is 6.43. The smallest absolute Gasteiger partial charge is 0.325 e. The Balaban J connectivity index is 3.27. The van der Waals surface area contributed by atoms with E-state index in [4.69, 9.17) is 45.6 Å². The SMILES string of the molecule is N[C@H](C(=O)O)c1c(Cl)cc(Cl)cc1Cl. The molecule has 0 heterocycles. The van der Waals surface area contributed by atoms with Gasteiger partial charge in [0.2, 0.25) is 0 Å². The van der Waals surface area contributed by atoms with Crippen LogP contribution in [0.2, 0.25) is 15.1 Å². The Labute approximate surface area is 95.4 Å². The first-order valence-electron chi connectivity index (χ1n) is 3.56. The van der Waals surface area contributed by atoms with Gasteiger partial charge in [-0.1, -0.05) is 34.8 Å². The van der Waals surface area contributed by atoms with Crippen molar-refractivity contribution in [3.8, 4) is 0 Å². The molecule has 0 aliphatic heterocycles. The van der Waals surface area contributed by atoms with Gasteiger partial charge in [-0.05, 0) is 12.1 Å². The fraction of sp³-hybridized carbons (Fsp3) is 0.125. The van der Waals surface area contributed by atoms with Crippen LogP contribution >= 0.6 is 34.8 Å². The van der Waals surface area contributed by atoms with Gasteiger partial charge in [-0.15, -0.1) is 0 Å². The zero-order chi connectivity index (χ0) is 10.9. The van der Waals surface area contributed by atoms with Gasteiger partial charge in [-0.3, -0.25) is 4.79 Å². The van der Waals surface area contributed by atoms with Crippen LogP contribution in [0, 0.1) is 0 Å². The second-order valence-corrected chi connectivity index (χ2v) is 3.85. The highest BCUT2D eigenvalue weighted by Gasteiger charge is 2.21. The molecule has 0 aliphatic carbocycles. The number of nitrogens with two attached hydrogens (primary N) is 1. The van der Waals surface area contributed by atoms with E-state index in [0.717, 1.165) is 0 Å². The van der Waals surface area contributed by atoms with Crippen LogP contribution < -0.4 is 5.73 Å². The monoisotopic (exact) mass is 253 g/mol. The van der Waals surface area contributed by atoms with Crippen molar-refractivity contribution < 1.29 is 9.90 Å². The highest BCUT2D eigenvalue weighted by atomic mass is 35.5. The van der Waals surface area contributed by atoms with Crippen molar-refractivity contribution in [2.45, 2.75) is 6.04 Å². The van der Waals surface area contributed by atoms with E-state index in [1.54, 1.807) is 0 Å². The Bertz CT molecular complexity index is 358. The number of carboxylic acids is 1. The topological polar surface area (TPSA) is 63.3 Å². The molecule has 0 amide bonds. The second kappa shape index (κ2) is 4.36. The molecule has 0 aliphatic rings. The van der Waals surface area contributed by atoms with Crippen LogP contribution in [-0.2, 0) is 4.79 Å². The van der Waals surface area contributed by atoms with Gasteiger partial charge in [0.1, 0.15) is 6.04 Å². The summed E-state index contributed by atoms with van der Waals surface area (Å²) in [6.07, 6.45) is 0. The van der Waals surface area contributed by atoms with Gasteiger partial charge in [-0.2, -0.15) is 0 Å². The van der Waals surface area contributed by atoms with Crippen LogP contribution in [0.3, 0.4) is 0 Å². The van der Waals surface area contributed by atoms with Crippen LogP contribution in [0.1, 0.15) is 11.6 Å². The Hall–Kier alpha value is -0.480. The fourth-order valence-electron chi connectivity index (χ4n) is 0.974. The molecule has 1 rings (SSSR count). The summed E-state index contributed by atoms with van der Waals surface area (Å²) in [7, 11) is 0. The summed E-state index contributed by atoms with van der Waals surface area (Å²) in [5.74, 6) is -1.20. The van der Waals surface area contributed by atoms with Crippen LogP contribution in [-0.4, -0.2) is 11.1 Å². The minimum Gasteiger partial charge on any atom is -0.480 e. The van der Waals surface area contributed by atoms with Crippen molar-refractivity contribution in [2.75, 3.05) is 0 Å². The molecule has 0 radical (unpaired) electrons. The molecule has 1 aromatic rings. The largest absolute Gasteiger partial charge is 0.480 e. The molecule has 1 aromatic carbocycles. The predicted octanol–water partition coefficient (Wildman–Crippen LogP) is 2.73. The minimum absolute atomic E-state index is 0.150. The fourth-order valence-corrected chi connectivity index (χ4v) is 2.03. The number of carboxylic acid groups (broad SMARTS) is 1. The van der Waals surface area contributed by atoms with E-state index >= 15 is 0 Å². The number of carbonyl (C=O) groups is 1. The van der Waals surface area contributed by atoms with Gasteiger partial charge >= 0.3 is 5.97 Å². The summed E-state index contributed by atoms with van der Waals surface area (Å²) in [5, 5.41) is 9.31. The van der Waals surface area contributed by atoms with E-state index in [1.807, 2.05) is 0 Å². The molecular formula is C8H6Cl3NO2. The molecular weight excluding hydrogens is 248 g/mol. The molecule has 1 atom stereocenters. The second-order valence-electron chi connectivity index (χ2n) is 2.60. The van der Waals surface area contributed by atoms with Gasteiger partial charge in [0.15, 0.2) is 0 Å². The van der Waals surface area contributed by atoms with E-state index in [0.29, 0.717) is 5.02 Å². The van der Waals surface area contributed by atoms with Crippen molar-refractivity contribution in [1.82, 2.24) is 0 Å². The summed E-state index contributed by atoms with van der Waals surface area (Å²) >= 11 is 17.2. The molecule has 76 valence electrons. The standard InChI is InChI=1S/C8H6Cl3NO2/c9-3-1-4(10)6(5(11)2-3)7(12)8(13)14/h1-2,7H,12H2,(H,13,14)/t7-/m0/s1. The lowest BCUT2D eigenvalue weighted by molar-refractivity contribution is -0.138. The molecule has 0 fully saturated rings. The number of aliphatic carboxylic acids is 1. The number of benzene rings is 1. The molecule has 6 heteroatoms. The molecule has 14 heavy (non-hydrogen) atoms. The molecule has 0 bridgehead atoms. The van der Waals surface area contributed by atoms with E-state index < -0.39 is 12.0 Å². The van der Waals surface area contributed by atoms with E-state index in [1.165, 1.54) is 12.1 Å². The predicted molar refractivity (Wildman–Crippen MR) is 56.0 cm³/mol. The van der Waals surface area contributed by atoms with Crippen molar-refractivity contribution in [2.24, 2.45) is 5.73 Å². The highest BCUT2D eigenvalue weighted by Crippen LogP contribution is 2.32. The molecule has 0 saturated heterocycles. The highest BCUT2D eigenvalue weighted by molar-refractivity contribution is 6.39. The average molecular weight is 254 g/mol. The van der Waals surface area contributed by atoms with Crippen molar-refractivity contribution in [3.63, 3.8) is 0 Å². The quantitative estimate of drug-likeness (QED) is 0.853.